The summed E-state index contributed by atoms with van der Waals surface area (Å²) in [4.78, 5) is 8.75. The van der Waals surface area contributed by atoms with Crippen molar-refractivity contribution < 1.29 is 0 Å². The summed E-state index contributed by atoms with van der Waals surface area (Å²) in [5.41, 5.74) is 2.51. The fraction of sp³-hybridized carbons (Fsp3) is 0.429. The summed E-state index contributed by atoms with van der Waals surface area (Å²) < 4.78 is 0. The Morgan fingerprint density at radius 1 is 1.28 bits per heavy atom. The molecule has 1 N–H and O–H groups in total. The molecular weight excluding hydrogens is 242 g/mol. The summed E-state index contributed by atoms with van der Waals surface area (Å²) in [5.74, 6) is 0. The standard InChI is InChI=1S/C14H19N3S/c1-14(2,3)12-10-18-13(17-12)9-16-8-11-5-4-6-15-7-11/h4-7,10,16H,8-9H2,1-3H3. The molecule has 0 aliphatic heterocycles. The molecule has 0 radical (unpaired) electrons. The van der Waals surface area contributed by atoms with Crippen molar-refractivity contribution in [3.63, 3.8) is 0 Å². The van der Waals surface area contributed by atoms with Crippen molar-refractivity contribution in [1.82, 2.24) is 15.3 Å². The van der Waals surface area contributed by atoms with Gasteiger partial charge in [0.2, 0.25) is 0 Å². The van der Waals surface area contributed by atoms with Gasteiger partial charge in [0.05, 0.1) is 5.69 Å². The van der Waals surface area contributed by atoms with Gasteiger partial charge in [0.25, 0.3) is 0 Å². The molecule has 0 unspecified atom stereocenters. The molecule has 4 heteroatoms. The van der Waals surface area contributed by atoms with Crippen LogP contribution in [0.4, 0.5) is 0 Å². The van der Waals surface area contributed by atoms with Crippen molar-refractivity contribution in [3.05, 3.63) is 46.2 Å². The minimum Gasteiger partial charge on any atom is -0.306 e. The number of aromatic nitrogens is 2. The molecule has 0 aromatic carbocycles. The van der Waals surface area contributed by atoms with Crippen molar-refractivity contribution in [2.45, 2.75) is 39.3 Å². The van der Waals surface area contributed by atoms with E-state index in [-0.39, 0.29) is 5.41 Å². The zero-order valence-corrected chi connectivity index (χ0v) is 11.9. The lowest BCUT2D eigenvalue weighted by Crippen LogP contribution is -2.14. The molecule has 0 aliphatic rings. The molecule has 96 valence electrons. The van der Waals surface area contributed by atoms with E-state index in [0.29, 0.717) is 0 Å². The molecule has 0 spiro atoms. The third-order valence-corrected chi connectivity index (χ3v) is 3.50. The first-order chi connectivity index (χ1) is 8.55. The van der Waals surface area contributed by atoms with E-state index in [2.05, 4.69) is 47.5 Å². The van der Waals surface area contributed by atoms with Gasteiger partial charge in [0.1, 0.15) is 5.01 Å². The summed E-state index contributed by atoms with van der Waals surface area (Å²) in [6.45, 7) is 8.21. The molecule has 0 bridgehead atoms. The van der Waals surface area contributed by atoms with Gasteiger partial charge in [-0.1, -0.05) is 26.8 Å². The predicted molar refractivity (Wildman–Crippen MR) is 75.6 cm³/mol. The lowest BCUT2D eigenvalue weighted by Gasteiger charge is -2.14. The number of hydrogen-bond donors (Lipinski definition) is 1. The van der Waals surface area contributed by atoms with Crippen LogP contribution in [0.25, 0.3) is 0 Å². The van der Waals surface area contributed by atoms with Crippen LogP contribution in [0.1, 0.15) is 37.0 Å². The van der Waals surface area contributed by atoms with Gasteiger partial charge in [0, 0.05) is 36.3 Å². The number of hydrogen-bond acceptors (Lipinski definition) is 4. The molecule has 3 nitrogen and oxygen atoms in total. The van der Waals surface area contributed by atoms with Gasteiger partial charge in [-0.3, -0.25) is 4.98 Å². The predicted octanol–water partition coefficient (Wildman–Crippen LogP) is 3.13. The van der Waals surface area contributed by atoms with Crippen LogP contribution < -0.4 is 5.32 Å². The average Bonchev–Trinajstić information content (AvgIpc) is 2.79. The molecule has 0 fully saturated rings. The van der Waals surface area contributed by atoms with Crippen LogP contribution in [-0.4, -0.2) is 9.97 Å². The van der Waals surface area contributed by atoms with Gasteiger partial charge in [-0.25, -0.2) is 4.98 Å². The number of rotatable bonds is 4. The summed E-state index contributed by atoms with van der Waals surface area (Å²) in [6, 6.07) is 4.03. The molecule has 0 saturated carbocycles. The minimum absolute atomic E-state index is 0.137. The van der Waals surface area contributed by atoms with Gasteiger partial charge in [-0.2, -0.15) is 0 Å². The molecule has 2 rings (SSSR count). The Morgan fingerprint density at radius 3 is 2.72 bits per heavy atom. The van der Waals surface area contributed by atoms with Crippen LogP contribution in [0.3, 0.4) is 0 Å². The maximum absolute atomic E-state index is 4.65. The van der Waals surface area contributed by atoms with E-state index < -0.39 is 0 Å². The van der Waals surface area contributed by atoms with Crippen LogP contribution in [0.15, 0.2) is 29.9 Å². The second-order valence-corrected chi connectivity index (χ2v) is 6.28. The highest BCUT2D eigenvalue weighted by molar-refractivity contribution is 7.09. The van der Waals surface area contributed by atoms with Gasteiger partial charge < -0.3 is 5.32 Å². The van der Waals surface area contributed by atoms with Gasteiger partial charge >= 0.3 is 0 Å². The molecule has 2 heterocycles. The van der Waals surface area contributed by atoms with Gasteiger partial charge in [-0.05, 0) is 11.6 Å². The van der Waals surface area contributed by atoms with E-state index in [1.165, 1.54) is 11.3 Å². The SMILES string of the molecule is CC(C)(C)c1csc(CNCc2cccnc2)n1. The topological polar surface area (TPSA) is 37.8 Å². The van der Waals surface area contributed by atoms with Crippen LogP contribution in [-0.2, 0) is 18.5 Å². The summed E-state index contributed by atoms with van der Waals surface area (Å²) in [6.07, 6.45) is 3.68. The molecule has 2 aromatic heterocycles. The van der Waals surface area contributed by atoms with Crippen LogP contribution in [0.5, 0.6) is 0 Å². The maximum Gasteiger partial charge on any atom is 0.107 e. The zero-order valence-electron chi connectivity index (χ0n) is 11.1. The fourth-order valence-corrected chi connectivity index (χ4v) is 2.54. The van der Waals surface area contributed by atoms with Gasteiger partial charge in [0.15, 0.2) is 0 Å². The zero-order chi connectivity index (χ0) is 13.0. The highest BCUT2D eigenvalue weighted by Crippen LogP contribution is 2.23. The molecule has 18 heavy (non-hydrogen) atoms. The van der Waals surface area contributed by atoms with Gasteiger partial charge in [-0.15, -0.1) is 11.3 Å². The second-order valence-electron chi connectivity index (χ2n) is 5.34. The average molecular weight is 261 g/mol. The molecule has 0 amide bonds. The van der Waals surface area contributed by atoms with Crippen molar-refractivity contribution in [2.24, 2.45) is 0 Å². The van der Waals surface area contributed by atoms with Crippen molar-refractivity contribution in [2.75, 3.05) is 0 Å². The summed E-state index contributed by atoms with van der Waals surface area (Å²) >= 11 is 1.72. The first-order valence-electron chi connectivity index (χ1n) is 6.10. The van der Waals surface area contributed by atoms with Crippen molar-refractivity contribution in [1.29, 1.82) is 0 Å². The van der Waals surface area contributed by atoms with E-state index in [1.807, 2.05) is 12.3 Å². The molecule has 2 aromatic rings. The van der Waals surface area contributed by atoms with E-state index in [1.54, 1.807) is 17.5 Å². The smallest absolute Gasteiger partial charge is 0.107 e. The molecule has 0 atom stereocenters. The Balaban J connectivity index is 1.86. The second kappa shape index (κ2) is 5.59. The first-order valence-corrected chi connectivity index (χ1v) is 6.98. The normalized spacial score (nSPS) is 11.7. The Bertz CT molecular complexity index is 485. The Hall–Kier alpha value is -1.26. The fourth-order valence-electron chi connectivity index (χ4n) is 1.55. The Kier molecular flexibility index (Phi) is 4.09. The molecule has 0 saturated heterocycles. The lowest BCUT2D eigenvalue weighted by atomic mass is 9.93. The lowest BCUT2D eigenvalue weighted by molar-refractivity contribution is 0.568. The Labute approximate surface area is 112 Å². The van der Waals surface area contributed by atoms with E-state index in [9.17, 15) is 0 Å². The summed E-state index contributed by atoms with van der Waals surface area (Å²) in [7, 11) is 0. The first kappa shape index (κ1) is 13.2. The highest BCUT2D eigenvalue weighted by Gasteiger charge is 2.16. The third kappa shape index (κ3) is 3.62. The van der Waals surface area contributed by atoms with E-state index >= 15 is 0 Å². The summed E-state index contributed by atoms with van der Waals surface area (Å²) in [5, 5.41) is 6.69. The Morgan fingerprint density at radius 2 is 2.11 bits per heavy atom. The molecule has 0 aliphatic carbocycles. The van der Waals surface area contributed by atoms with Crippen LogP contribution in [0, 0.1) is 0 Å². The quantitative estimate of drug-likeness (QED) is 0.919. The van der Waals surface area contributed by atoms with E-state index in [0.717, 1.165) is 18.1 Å². The maximum atomic E-state index is 4.65. The monoisotopic (exact) mass is 261 g/mol. The largest absolute Gasteiger partial charge is 0.306 e. The number of pyridine rings is 1. The number of nitrogens with one attached hydrogen (secondary N) is 1. The highest BCUT2D eigenvalue weighted by atomic mass is 32.1. The van der Waals surface area contributed by atoms with Crippen LogP contribution in [0.2, 0.25) is 0 Å². The number of nitrogens with zero attached hydrogens (tertiary/aromatic N) is 2. The third-order valence-electron chi connectivity index (χ3n) is 2.65. The van der Waals surface area contributed by atoms with Crippen LogP contribution >= 0.6 is 11.3 Å². The number of thiazole rings is 1. The molecular formula is C14H19N3S. The van der Waals surface area contributed by atoms with Crippen molar-refractivity contribution >= 4 is 11.3 Å². The minimum atomic E-state index is 0.137. The van der Waals surface area contributed by atoms with E-state index in [4.69, 9.17) is 0 Å². The van der Waals surface area contributed by atoms with Crippen molar-refractivity contribution in [3.8, 4) is 0 Å².